The van der Waals surface area contributed by atoms with Crippen LogP contribution in [0, 0.1) is 0 Å². The Hall–Kier alpha value is -4.57. The fourth-order valence-electron chi connectivity index (χ4n) is 8.25. The Kier molecular flexibility index (Phi) is 57.1. The van der Waals surface area contributed by atoms with Crippen LogP contribution in [0.2, 0.25) is 0 Å². The fraction of sp³-hybridized carbons (Fsp3) is 0.648. The lowest BCUT2D eigenvalue weighted by atomic mass is 10.0. The summed E-state index contributed by atoms with van der Waals surface area (Å²) in [5.41, 5.74) is 0. The minimum Gasteiger partial charge on any atom is -0.545 e. The fourth-order valence-corrected chi connectivity index (χ4v) is 8.25. The number of carbonyl (C=O) groups excluding carboxylic acids is 3. The van der Waals surface area contributed by atoms with Crippen molar-refractivity contribution in [2.45, 2.75) is 251 Å². The van der Waals surface area contributed by atoms with E-state index in [1.54, 1.807) is 0 Å². The monoisotopic (exact) mass is 1110 g/mol. The lowest BCUT2D eigenvalue weighted by molar-refractivity contribution is -0.870. The SMILES string of the molecule is CC/C=C\C/C=C\C/C=C\C/C=C\C/C=C\C/C=C\C/C=C\C/C=C\C/C=C\CCCCCCCCCCCCCCCC(=O)OC(COC(=O)CCCCCCC/C=C\C/C=C\CCCC)COC(OCC[N+](C)(C)C)C(=O)[O-]. The molecule has 2 unspecified atom stereocenters. The van der Waals surface area contributed by atoms with Crippen LogP contribution in [0.25, 0.3) is 0 Å². The highest BCUT2D eigenvalue weighted by molar-refractivity contribution is 5.70. The van der Waals surface area contributed by atoms with Gasteiger partial charge < -0.3 is 33.3 Å². The normalized spacial score (nSPS) is 13.7. The van der Waals surface area contributed by atoms with Gasteiger partial charge in [-0.1, -0.05) is 250 Å². The maximum atomic E-state index is 12.9. The summed E-state index contributed by atoms with van der Waals surface area (Å²) < 4.78 is 22.7. The first-order valence-electron chi connectivity index (χ1n) is 31.8. The number of esters is 2. The van der Waals surface area contributed by atoms with Gasteiger partial charge in [0, 0.05) is 12.8 Å². The predicted molar refractivity (Wildman–Crippen MR) is 338 cm³/mol. The Labute approximate surface area is 490 Å². The summed E-state index contributed by atoms with van der Waals surface area (Å²) in [5.74, 6) is -2.31. The average molecular weight is 1110 g/mol. The number of carbonyl (C=O) groups is 3. The molecule has 0 aliphatic carbocycles. The zero-order valence-corrected chi connectivity index (χ0v) is 51.6. The Bertz CT molecular complexity index is 1770. The molecule has 0 aromatic carbocycles. The van der Waals surface area contributed by atoms with Crippen LogP contribution in [0.4, 0.5) is 0 Å². The van der Waals surface area contributed by atoms with Crippen molar-refractivity contribution in [2.24, 2.45) is 0 Å². The second kappa shape index (κ2) is 60.5. The smallest absolute Gasteiger partial charge is 0.306 e. The van der Waals surface area contributed by atoms with Crippen LogP contribution < -0.4 is 5.11 Å². The topological polar surface area (TPSA) is 111 Å². The van der Waals surface area contributed by atoms with Gasteiger partial charge in [-0.15, -0.1) is 0 Å². The third kappa shape index (κ3) is 61.1. The average Bonchev–Trinajstić information content (AvgIpc) is 3.43. The summed E-state index contributed by atoms with van der Waals surface area (Å²) in [7, 11) is 5.91. The zero-order valence-electron chi connectivity index (χ0n) is 51.6. The van der Waals surface area contributed by atoms with Gasteiger partial charge in [-0.25, -0.2) is 0 Å². The molecule has 0 saturated heterocycles. The van der Waals surface area contributed by atoms with E-state index in [-0.39, 0.29) is 38.6 Å². The van der Waals surface area contributed by atoms with Gasteiger partial charge in [0.1, 0.15) is 13.2 Å². The van der Waals surface area contributed by atoms with Crippen LogP contribution in [-0.4, -0.2) is 82.3 Å². The highest BCUT2D eigenvalue weighted by Crippen LogP contribution is 2.15. The number of nitrogens with zero attached hydrogens (tertiary/aromatic N) is 1. The first-order chi connectivity index (χ1) is 39.1. The van der Waals surface area contributed by atoms with Crippen LogP contribution in [0.15, 0.2) is 134 Å². The summed E-state index contributed by atoms with van der Waals surface area (Å²) in [5, 5.41) is 11.8. The number of aliphatic carboxylic acids is 1. The Morgan fingerprint density at radius 2 is 0.713 bits per heavy atom. The van der Waals surface area contributed by atoms with Crippen molar-refractivity contribution in [2.75, 3.05) is 47.5 Å². The van der Waals surface area contributed by atoms with Gasteiger partial charge in [-0.3, -0.25) is 9.59 Å². The molecule has 0 N–H and O–H groups in total. The molecule has 454 valence electrons. The Morgan fingerprint density at radius 3 is 1.06 bits per heavy atom. The molecule has 0 aliphatic rings. The molecular formula is C71H117NO8. The lowest BCUT2D eigenvalue weighted by Crippen LogP contribution is -2.44. The number of hydrogen-bond acceptors (Lipinski definition) is 8. The lowest BCUT2D eigenvalue weighted by Gasteiger charge is -2.26. The third-order valence-electron chi connectivity index (χ3n) is 13.1. The second-order valence-electron chi connectivity index (χ2n) is 22.0. The minimum absolute atomic E-state index is 0.140. The number of hydrogen-bond donors (Lipinski definition) is 0. The van der Waals surface area contributed by atoms with Gasteiger partial charge in [0.2, 0.25) is 0 Å². The molecule has 0 heterocycles. The van der Waals surface area contributed by atoms with Crippen molar-refractivity contribution < 1.29 is 42.9 Å². The molecular weight excluding hydrogens is 995 g/mol. The van der Waals surface area contributed by atoms with E-state index in [0.717, 1.165) is 128 Å². The molecule has 0 spiro atoms. The standard InChI is InChI=1S/C71H117NO8/c1-6-8-10-12-14-16-18-20-22-23-24-25-26-27-28-29-30-31-32-33-34-35-36-37-38-39-40-41-42-43-44-45-46-47-48-50-52-54-56-58-60-62-69(74)80-67(66-79-71(70(75)76)77-64-63-72(3,4)5)65-78-68(73)61-59-57-55-53-51-49-21-19-17-15-13-11-9-7-2/h8,10,13-16,19-22,24-25,27-28,30-31,33-34,36-37,39-40,67,71H,6-7,9,11-12,17-18,23,26,29,32,35,38,41-66H2,1-5H3/b10-8-,15-13-,16-14-,21-19-,22-20-,25-24-,28-27-,31-30-,34-33-,37-36-,40-39-. The maximum absolute atomic E-state index is 12.9. The molecule has 0 aliphatic heterocycles. The number of quaternary nitrogens is 1. The first kappa shape index (κ1) is 75.4. The van der Waals surface area contributed by atoms with Crippen LogP contribution in [0.1, 0.15) is 239 Å². The van der Waals surface area contributed by atoms with Crippen LogP contribution in [0.5, 0.6) is 0 Å². The van der Waals surface area contributed by atoms with E-state index in [4.69, 9.17) is 18.9 Å². The highest BCUT2D eigenvalue weighted by Gasteiger charge is 2.22. The molecule has 0 fully saturated rings. The third-order valence-corrected chi connectivity index (χ3v) is 13.1. The van der Waals surface area contributed by atoms with E-state index in [2.05, 4.69) is 148 Å². The quantitative estimate of drug-likeness (QED) is 0.0195. The van der Waals surface area contributed by atoms with Crippen LogP contribution in [0.3, 0.4) is 0 Å². The van der Waals surface area contributed by atoms with E-state index >= 15 is 0 Å². The molecule has 9 nitrogen and oxygen atoms in total. The molecule has 80 heavy (non-hydrogen) atoms. The van der Waals surface area contributed by atoms with Crippen molar-refractivity contribution in [3.8, 4) is 0 Å². The molecule has 0 aromatic heterocycles. The van der Waals surface area contributed by atoms with Gasteiger partial charge in [0.15, 0.2) is 12.4 Å². The second-order valence-corrected chi connectivity index (χ2v) is 22.0. The summed E-state index contributed by atoms with van der Waals surface area (Å²) in [6, 6.07) is 0. The van der Waals surface area contributed by atoms with Gasteiger partial charge in [-0.2, -0.15) is 0 Å². The summed E-state index contributed by atoms with van der Waals surface area (Å²) in [6.07, 6.45) is 83.8. The number of allylic oxidation sites excluding steroid dienone is 22. The number of rotatable bonds is 57. The predicted octanol–water partition coefficient (Wildman–Crippen LogP) is 18.1. The molecule has 9 heteroatoms. The summed E-state index contributed by atoms with van der Waals surface area (Å²) in [6.45, 7) is 4.56. The summed E-state index contributed by atoms with van der Waals surface area (Å²) >= 11 is 0. The van der Waals surface area contributed by atoms with E-state index in [1.165, 1.54) is 77.0 Å². The van der Waals surface area contributed by atoms with Gasteiger partial charge in [0.25, 0.3) is 0 Å². The Balaban J connectivity index is 4.09. The largest absolute Gasteiger partial charge is 0.545 e. The number of unbranched alkanes of at least 4 members (excludes halogenated alkanes) is 20. The molecule has 0 radical (unpaired) electrons. The molecule has 2 atom stereocenters. The number of carboxylic acid groups (broad SMARTS) is 1. The summed E-state index contributed by atoms with van der Waals surface area (Å²) in [4.78, 5) is 37.3. The maximum Gasteiger partial charge on any atom is 0.306 e. The van der Waals surface area contributed by atoms with E-state index < -0.39 is 24.3 Å². The zero-order chi connectivity index (χ0) is 58.3. The van der Waals surface area contributed by atoms with E-state index in [9.17, 15) is 19.5 Å². The van der Waals surface area contributed by atoms with Gasteiger partial charge in [-0.05, 0) is 109 Å². The van der Waals surface area contributed by atoms with E-state index in [0.29, 0.717) is 17.4 Å². The van der Waals surface area contributed by atoms with Crippen molar-refractivity contribution in [1.82, 2.24) is 0 Å². The number of ether oxygens (including phenoxy) is 4. The molecule has 0 saturated carbocycles. The molecule has 0 bridgehead atoms. The van der Waals surface area contributed by atoms with E-state index in [1.807, 2.05) is 21.1 Å². The van der Waals surface area contributed by atoms with Crippen molar-refractivity contribution >= 4 is 17.9 Å². The van der Waals surface area contributed by atoms with Crippen LogP contribution >= 0.6 is 0 Å². The van der Waals surface area contributed by atoms with Crippen molar-refractivity contribution in [1.29, 1.82) is 0 Å². The first-order valence-corrected chi connectivity index (χ1v) is 31.8. The molecule has 0 amide bonds. The minimum atomic E-state index is -1.63. The van der Waals surface area contributed by atoms with Gasteiger partial charge >= 0.3 is 11.9 Å². The Morgan fingerprint density at radius 1 is 0.388 bits per heavy atom. The molecule has 0 aromatic rings. The van der Waals surface area contributed by atoms with Crippen LogP contribution in [-0.2, 0) is 33.3 Å². The number of carboxylic acids is 1. The van der Waals surface area contributed by atoms with Crippen molar-refractivity contribution in [3.05, 3.63) is 134 Å². The molecule has 0 rings (SSSR count). The number of likely N-dealkylation sites (N-methyl/N-ethyl adjacent to an activating group) is 1. The van der Waals surface area contributed by atoms with Crippen molar-refractivity contribution in [3.63, 3.8) is 0 Å². The highest BCUT2D eigenvalue weighted by atomic mass is 16.7. The van der Waals surface area contributed by atoms with Gasteiger partial charge in [0.05, 0.1) is 40.3 Å².